The second-order valence-electron chi connectivity index (χ2n) is 2.76. The quantitative estimate of drug-likeness (QED) is 0.524. The highest BCUT2D eigenvalue weighted by molar-refractivity contribution is 7.09. The SMILES string of the molecule is NNc1cncc(NCc2cncs2)n1. The lowest BCUT2D eigenvalue weighted by Crippen LogP contribution is -2.10. The maximum atomic E-state index is 5.22. The number of nitrogens with zero attached hydrogens (tertiary/aromatic N) is 3. The Hall–Kier alpha value is -1.73. The highest BCUT2D eigenvalue weighted by Gasteiger charge is 1.98. The molecule has 15 heavy (non-hydrogen) atoms. The zero-order chi connectivity index (χ0) is 10.5. The minimum absolute atomic E-state index is 0.532. The van der Waals surface area contributed by atoms with Crippen LogP contribution in [0.5, 0.6) is 0 Å². The standard InChI is InChI=1S/C8H10N6S/c9-14-8-4-10-3-7(13-8)12-2-6-1-11-5-15-6/h1,3-5H,2,9H2,(H2,12,13,14). The predicted molar refractivity (Wildman–Crippen MR) is 59.3 cm³/mol. The smallest absolute Gasteiger partial charge is 0.160 e. The zero-order valence-electron chi connectivity index (χ0n) is 7.84. The summed E-state index contributed by atoms with van der Waals surface area (Å²) in [6.07, 6.45) is 5.01. The van der Waals surface area contributed by atoms with Gasteiger partial charge in [-0.3, -0.25) is 9.97 Å². The molecule has 2 rings (SSSR count). The van der Waals surface area contributed by atoms with Crippen LogP contribution in [0.2, 0.25) is 0 Å². The van der Waals surface area contributed by atoms with Crippen molar-refractivity contribution in [2.45, 2.75) is 6.54 Å². The van der Waals surface area contributed by atoms with Gasteiger partial charge in [-0.2, -0.15) is 0 Å². The number of anilines is 2. The van der Waals surface area contributed by atoms with Crippen molar-refractivity contribution in [2.24, 2.45) is 5.84 Å². The molecule has 2 aromatic heterocycles. The van der Waals surface area contributed by atoms with Gasteiger partial charge in [-0.25, -0.2) is 10.8 Å². The van der Waals surface area contributed by atoms with Crippen molar-refractivity contribution in [1.29, 1.82) is 0 Å². The average molecular weight is 222 g/mol. The monoisotopic (exact) mass is 222 g/mol. The molecule has 0 aliphatic rings. The molecule has 78 valence electrons. The Balaban J connectivity index is 1.98. The van der Waals surface area contributed by atoms with E-state index in [0.29, 0.717) is 18.2 Å². The fourth-order valence-electron chi connectivity index (χ4n) is 1.03. The van der Waals surface area contributed by atoms with Crippen molar-refractivity contribution in [3.63, 3.8) is 0 Å². The van der Waals surface area contributed by atoms with Crippen molar-refractivity contribution >= 4 is 23.0 Å². The van der Waals surface area contributed by atoms with E-state index in [4.69, 9.17) is 5.84 Å². The van der Waals surface area contributed by atoms with Gasteiger partial charge in [0.05, 0.1) is 24.4 Å². The molecular formula is C8H10N6S. The van der Waals surface area contributed by atoms with Crippen molar-refractivity contribution in [1.82, 2.24) is 15.0 Å². The molecule has 0 aromatic carbocycles. The minimum Gasteiger partial charge on any atom is -0.364 e. The maximum absolute atomic E-state index is 5.22. The molecule has 0 saturated heterocycles. The number of thiazole rings is 1. The van der Waals surface area contributed by atoms with E-state index in [9.17, 15) is 0 Å². The van der Waals surface area contributed by atoms with E-state index in [1.54, 1.807) is 29.2 Å². The van der Waals surface area contributed by atoms with Gasteiger partial charge in [0.2, 0.25) is 0 Å². The average Bonchev–Trinajstić information content (AvgIpc) is 2.79. The number of aromatic nitrogens is 3. The normalized spacial score (nSPS) is 9.93. The Labute approximate surface area is 90.6 Å². The Morgan fingerprint density at radius 2 is 2.07 bits per heavy atom. The van der Waals surface area contributed by atoms with E-state index < -0.39 is 0 Å². The Morgan fingerprint density at radius 3 is 2.80 bits per heavy atom. The summed E-state index contributed by atoms with van der Waals surface area (Å²) in [6.45, 7) is 0.688. The van der Waals surface area contributed by atoms with Crippen molar-refractivity contribution in [3.8, 4) is 0 Å². The Morgan fingerprint density at radius 1 is 1.20 bits per heavy atom. The third-order valence-electron chi connectivity index (χ3n) is 1.71. The number of hydrazine groups is 1. The van der Waals surface area contributed by atoms with E-state index >= 15 is 0 Å². The topological polar surface area (TPSA) is 88.8 Å². The van der Waals surface area contributed by atoms with Gasteiger partial charge < -0.3 is 10.7 Å². The lowest BCUT2D eigenvalue weighted by molar-refractivity contribution is 1.09. The van der Waals surface area contributed by atoms with Gasteiger partial charge in [-0.1, -0.05) is 0 Å². The molecule has 2 aromatic rings. The highest BCUT2D eigenvalue weighted by Crippen LogP contribution is 2.10. The van der Waals surface area contributed by atoms with Crippen LogP contribution in [0.1, 0.15) is 4.88 Å². The summed E-state index contributed by atoms with van der Waals surface area (Å²) in [5.41, 5.74) is 4.23. The van der Waals surface area contributed by atoms with Crippen LogP contribution in [-0.2, 0) is 6.54 Å². The van der Waals surface area contributed by atoms with Crippen molar-refractivity contribution in [2.75, 3.05) is 10.7 Å². The first-order valence-electron chi connectivity index (χ1n) is 4.28. The summed E-state index contributed by atoms with van der Waals surface area (Å²) in [7, 11) is 0. The number of rotatable bonds is 4. The molecule has 0 amide bonds. The second-order valence-corrected chi connectivity index (χ2v) is 3.73. The molecule has 0 radical (unpaired) electrons. The van der Waals surface area contributed by atoms with Crippen LogP contribution in [0.4, 0.5) is 11.6 Å². The molecule has 2 heterocycles. The fraction of sp³-hybridized carbons (Fsp3) is 0.125. The summed E-state index contributed by atoms with van der Waals surface area (Å²) in [6, 6.07) is 0. The molecule has 0 unspecified atom stereocenters. The molecule has 0 fully saturated rings. The van der Waals surface area contributed by atoms with Crippen molar-refractivity contribution in [3.05, 3.63) is 29.0 Å². The Kier molecular flexibility index (Phi) is 3.05. The molecule has 6 nitrogen and oxygen atoms in total. The minimum atomic E-state index is 0.532. The van der Waals surface area contributed by atoms with Gasteiger partial charge in [-0.05, 0) is 0 Å². The Bertz CT molecular complexity index is 415. The van der Waals surface area contributed by atoms with E-state index in [1.165, 1.54) is 0 Å². The van der Waals surface area contributed by atoms with Crippen LogP contribution in [-0.4, -0.2) is 15.0 Å². The van der Waals surface area contributed by atoms with E-state index in [1.807, 2.05) is 6.20 Å². The third-order valence-corrected chi connectivity index (χ3v) is 2.49. The second kappa shape index (κ2) is 4.67. The number of hydrogen-bond donors (Lipinski definition) is 3. The van der Waals surface area contributed by atoms with E-state index in [-0.39, 0.29) is 0 Å². The molecule has 0 aliphatic heterocycles. The highest BCUT2D eigenvalue weighted by atomic mass is 32.1. The first-order valence-corrected chi connectivity index (χ1v) is 5.16. The molecule has 0 aliphatic carbocycles. The zero-order valence-corrected chi connectivity index (χ0v) is 8.66. The number of nitrogen functional groups attached to an aromatic ring is 1. The van der Waals surface area contributed by atoms with Gasteiger partial charge in [0, 0.05) is 11.1 Å². The first kappa shape index (κ1) is 9.81. The van der Waals surface area contributed by atoms with E-state index in [2.05, 4.69) is 25.7 Å². The summed E-state index contributed by atoms with van der Waals surface area (Å²) in [5, 5.41) is 3.12. The van der Waals surface area contributed by atoms with Crippen LogP contribution < -0.4 is 16.6 Å². The van der Waals surface area contributed by atoms with Crippen molar-refractivity contribution < 1.29 is 0 Å². The predicted octanol–water partition coefficient (Wildman–Crippen LogP) is 0.831. The van der Waals surface area contributed by atoms with E-state index in [0.717, 1.165) is 4.88 Å². The lowest BCUT2D eigenvalue weighted by atomic mass is 10.5. The van der Waals surface area contributed by atoms with Crippen LogP contribution in [0.3, 0.4) is 0 Å². The molecule has 4 N–H and O–H groups in total. The molecule has 0 saturated carbocycles. The molecular weight excluding hydrogens is 212 g/mol. The summed E-state index contributed by atoms with van der Waals surface area (Å²) in [5.74, 6) is 6.43. The fourth-order valence-corrected chi connectivity index (χ4v) is 1.56. The van der Waals surface area contributed by atoms with Crippen LogP contribution >= 0.6 is 11.3 Å². The first-order chi connectivity index (χ1) is 7.38. The number of nitrogens with one attached hydrogen (secondary N) is 2. The van der Waals surface area contributed by atoms with Gasteiger partial charge in [0.15, 0.2) is 5.82 Å². The lowest BCUT2D eigenvalue weighted by Gasteiger charge is -2.04. The molecule has 7 heteroatoms. The summed E-state index contributed by atoms with van der Waals surface area (Å²) >= 11 is 1.59. The molecule has 0 atom stereocenters. The summed E-state index contributed by atoms with van der Waals surface area (Å²) < 4.78 is 0. The van der Waals surface area contributed by atoms with Crippen LogP contribution in [0.25, 0.3) is 0 Å². The number of hydrogen-bond acceptors (Lipinski definition) is 7. The number of nitrogens with two attached hydrogens (primary N) is 1. The molecule has 0 spiro atoms. The van der Waals surface area contributed by atoms with Gasteiger partial charge >= 0.3 is 0 Å². The van der Waals surface area contributed by atoms with Gasteiger partial charge in [-0.15, -0.1) is 11.3 Å². The van der Waals surface area contributed by atoms with Crippen LogP contribution in [0.15, 0.2) is 24.1 Å². The van der Waals surface area contributed by atoms with Crippen LogP contribution in [0, 0.1) is 0 Å². The largest absolute Gasteiger partial charge is 0.364 e. The molecule has 0 bridgehead atoms. The van der Waals surface area contributed by atoms with Gasteiger partial charge in [0.1, 0.15) is 5.82 Å². The van der Waals surface area contributed by atoms with Gasteiger partial charge in [0.25, 0.3) is 0 Å². The third kappa shape index (κ3) is 2.61. The maximum Gasteiger partial charge on any atom is 0.160 e. The summed E-state index contributed by atoms with van der Waals surface area (Å²) in [4.78, 5) is 13.3.